The van der Waals surface area contributed by atoms with Gasteiger partial charge in [0.25, 0.3) is 0 Å². The van der Waals surface area contributed by atoms with Crippen molar-refractivity contribution in [2.45, 2.75) is 18.0 Å². The molecule has 0 atom stereocenters. The van der Waals surface area contributed by atoms with Crippen molar-refractivity contribution >= 4 is 21.4 Å². The molecule has 1 aliphatic rings. The van der Waals surface area contributed by atoms with Crippen molar-refractivity contribution in [1.82, 2.24) is 14.8 Å². The number of nitrogens with two attached hydrogens (primary N) is 2. The van der Waals surface area contributed by atoms with Gasteiger partial charge in [0.2, 0.25) is 10.0 Å². The maximum atomic E-state index is 11.5. The molecule has 4 N–H and O–H groups in total. The smallest absolute Gasteiger partial charge is 0.240 e. The van der Waals surface area contributed by atoms with Gasteiger partial charge in [-0.15, -0.1) is 10.2 Å². The Morgan fingerprint density at radius 3 is 2.80 bits per heavy atom. The highest BCUT2D eigenvalue weighted by molar-refractivity contribution is 7.89. The van der Waals surface area contributed by atoms with Crippen LogP contribution >= 0.6 is 0 Å². The molecule has 0 fully saturated rings. The van der Waals surface area contributed by atoms with E-state index in [1.165, 1.54) is 6.07 Å². The molecule has 0 saturated heterocycles. The van der Waals surface area contributed by atoms with Crippen molar-refractivity contribution < 1.29 is 8.42 Å². The van der Waals surface area contributed by atoms with Gasteiger partial charge in [0.1, 0.15) is 11.2 Å². The third-order valence-corrected chi connectivity index (χ3v) is 4.30. The highest BCUT2D eigenvalue weighted by Crippen LogP contribution is 2.30. The van der Waals surface area contributed by atoms with Gasteiger partial charge in [0.15, 0.2) is 5.82 Å². The molecule has 1 aliphatic heterocycles. The first-order valence-corrected chi connectivity index (χ1v) is 7.54. The second kappa shape index (κ2) is 4.46. The van der Waals surface area contributed by atoms with E-state index in [0.717, 1.165) is 12.4 Å². The molecule has 1 aromatic carbocycles. The van der Waals surface area contributed by atoms with Crippen molar-refractivity contribution in [1.29, 1.82) is 0 Å². The van der Waals surface area contributed by atoms with Gasteiger partial charge in [-0.25, -0.2) is 13.6 Å². The van der Waals surface area contributed by atoms with Gasteiger partial charge < -0.3 is 15.2 Å². The molecule has 2 heterocycles. The van der Waals surface area contributed by atoms with E-state index in [4.69, 9.17) is 10.9 Å². The number of benzene rings is 1. The fourth-order valence-corrected chi connectivity index (χ4v) is 3.01. The maximum absolute atomic E-state index is 11.5. The summed E-state index contributed by atoms with van der Waals surface area (Å²) in [6.45, 7) is 1.95. The zero-order valence-corrected chi connectivity index (χ0v) is 11.4. The molecule has 1 aromatic heterocycles. The van der Waals surface area contributed by atoms with Crippen LogP contribution in [0.5, 0.6) is 0 Å². The minimum atomic E-state index is -3.83. The Bertz CT molecular complexity index is 754. The summed E-state index contributed by atoms with van der Waals surface area (Å²) in [5, 5.41) is 13.0. The lowest BCUT2D eigenvalue weighted by Gasteiger charge is -2.30. The molecule has 8 nitrogen and oxygen atoms in total. The number of hydrogen-bond acceptors (Lipinski definition) is 6. The monoisotopic (exact) mass is 294 g/mol. The van der Waals surface area contributed by atoms with Crippen LogP contribution in [-0.4, -0.2) is 29.7 Å². The average molecular weight is 294 g/mol. The molecule has 0 saturated carbocycles. The number of primary sulfonamides is 1. The number of nitrogens with zero attached hydrogens (tertiary/aromatic N) is 4. The molecular weight excluding hydrogens is 280 g/mol. The predicted molar refractivity (Wildman–Crippen MR) is 73.3 cm³/mol. The summed E-state index contributed by atoms with van der Waals surface area (Å²) in [5.41, 5.74) is 6.77. The van der Waals surface area contributed by atoms with Crippen LogP contribution in [0.25, 0.3) is 0 Å². The van der Waals surface area contributed by atoms with Gasteiger partial charge in [0, 0.05) is 13.1 Å². The van der Waals surface area contributed by atoms with Gasteiger partial charge >= 0.3 is 0 Å². The van der Waals surface area contributed by atoms with Crippen molar-refractivity contribution in [2.75, 3.05) is 17.2 Å². The van der Waals surface area contributed by atoms with Crippen LogP contribution < -0.4 is 15.8 Å². The normalized spacial score (nSPS) is 15.2. The molecule has 2 aromatic rings. The molecule has 9 heteroatoms. The van der Waals surface area contributed by atoms with E-state index in [1.807, 2.05) is 9.47 Å². The number of aromatic nitrogens is 3. The zero-order chi connectivity index (χ0) is 14.3. The van der Waals surface area contributed by atoms with Gasteiger partial charge in [-0.2, -0.15) is 0 Å². The Labute approximate surface area is 116 Å². The lowest BCUT2D eigenvalue weighted by atomic mass is 10.2. The van der Waals surface area contributed by atoms with Crippen LogP contribution in [-0.2, 0) is 23.1 Å². The Morgan fingerprint density at radius 2 is 2.05 bits per heavy atom. The molecule has 0 aliphatic carbocycles. The van der Waals surface area contributed by atoms with Crippen LogP contribution in [0.4, 0.5) is 11.4 Å². The standard InChI is InChI=1S/C11H14N6O2S/c12-11-8(2-1-3-9(11)20(13,18)19)16-4-5-17-7-14-15-10(17)6-16/h1-3,7H,4-6,12H2,(H2,13,18,19). The molecule has 106 valence electrons. The highest BCUT2D eigenvalue weighted by atomic mass is 32.2. The summed E-state index contributed by atoms with van der Waals surface area (Å²) in [7, 11) is -3.83. The predicted octanol–water partition coefficient (Wildman–Crippen LogP) is -0.472. The minimum Gasteiger partial charge on any atom is -0.396 e. The number of sulfonamides is 1. The lowest BCUT2D eigenvalue weighted by molar-refractivity contribution is 0.560. The molecular formula is C11H14N6O2S. The Balaban J connectivity index is 2.00. The molecule has 0 bridgehead atoms. The molecule has 3 rings (SSSR count). The fraction of sp³-hybridized carbons (Fsp3) is 0.273. The summed E-state index contributed by atoms with van der Waals surface area (Å²) in [4.78, 5) is 1.91. The number of anilines is 2. The summed E-state index contributed by atoms with van der Waals surface area (Å²) in [5.74, 6) is 0.816. The van der Waals surface area contributed by atoms with Gasteiger partial charge in [0.05, 0.1) is 17.9 Å². The molecule has 0 spiro atoms. The van der Waals surface area contributed by atoms with E-state index in [1.54, 1.807) is 18.5 Å². The number of rotatable bonds is 2. The largest absolute Gasteiger partial charge is 0.396 e. The summed E-state index contributed by atoms with van der Waals surface area (Å²) in [6.07, 6.45) is 1.68. The topological polar surface area (TPSA) is 120 Å². The highest BCUT2D eigenvalue weighted by Gasteiger charge is 2.22. The first kappa shape index (κ1) is 12.9. The number of nitrogen functional groups attached to an aromatic ring is 1. The molecule has 0 radical (unpaired) electrons. The Kier molecular flexibility index (Phi) is 2.87. The number of para-hydroxylation sites is 1. The van der Waals surface area contributed by atoms with E-state index >= 15 is 0 Å². The Hall–Kier alpha value is -2.13. The van der Waals surface area contributed by atoms with E-state index in [9.17, 15) is 8.42 Å². The van der Waals surface area contributed by atoms with Crippen LogP contribution in [0.2, 0.25) is 0 Å². The Morgan fingerprint density at radius 1 is 1.25 bits per heavy atom. The minimum absolute atomic E-state index is 0.0537. The van der Waals surface area contributed by atoms with Crippen LogP contribution in [0.3, 0.4) is 0 Å². The van der Waals surface area contributed by atoms with Crippen molar-refractivity contribution in [3.8, 4) is 0 Å². The van der Waals surface area contributed by atoms with Crippen molar-refractivity contribution in [3.05, 3.63) is 30.4 Å². The number of fused-ring (bicyclic) bond motifs is 1. The SMILES string of the molecule is Nc1c(N2CCn3cnnc3C2)cccc1S(N)(=O)=O. The van der Waals surface area contributed by atoms with Crippen LogP contribution in [0, 0.1) is 0 Å². The first-order chi connectivity index (χ1) is 9.47. The molecule has 0 unspecified atom stereocenters. The van der Waals surface area contributed by atoms with Gasteiger partial charge in [-0.05, 0) is 12.1 Å². The van der Waals surface area contributed by atoms with Crippen molar-refractivity contribution in [3.63, 3.8) is 0 Å². The number of hydrogen-bond donors (Lipinski definition) is 2. The molecule has 20 heavy (non-hydrogen) atoms. The second-order valence-corrected chi connectivity index (χ2v) is 6.13. The van der Waals surface area contributed by atoms with E-state index in [2.05, 4.69) is 10.2 Å². The summed E-state index contributed by atoms with van der Waals surface area (Å²) in [6, 6.07) is 4.81. The van der Waals surface area contributed by atoms with Crippen LogP contribution in [0.1, 0.15) is 5.82 Å². The van der Waals surface area contributed by atoms with Crippen molar-refractivity contribution in [2.24, 2.45) is 5.14 Å². The third kappa shape index (κ3) is 2.10. The summed E-state index contributed by atoms with van der Waals surface area (Å²) >= 11 is 0. The van der Waals surface area contributed by atoms with E-state index < -0.39 is 10.0 Å². The first-order valence-electron chi connectivity index (χ1n) is 6.00. The van der Waals surface area contributed by atoms with Gasteiger partial charge in [-0.3, -0.25) is 0 Å². The van der Waals surface area contributed by atoms with Crippen LogP contribution in [0.15, 0.2) is 29.4 Å². The molecule has 0 amide bonds. The maximum Gasteiger partial charge on any atom is 0.240 e. The van der Waals surface area contributed by atoms with E-state index in [-0.39, 0.29) is 10.6 Å². The fourth-order valence-electron chi connectivity index (χ4n) is 2.33. The van der Waals surface area contributed by atoms with E-state index in [0.29, 0.717) is 18.8 Å². The quantitative estimate of drug-likeness (QED) is 0.722. The summed E-state index contributed by atoms with van der Waals surface area (Å²) < 4.78 is 25.0. The average Bonchev–Trinajstić information content (AvgIpc) is 2.84. The lowest BCUT2D eigenvalue weighted by Crippen LogP contribution is -2.34. The van der Waals surface area contributed by atoms with Gasteiger partial charge in [-0.1, -0.05) is 6.07 Å². The second-order valence-electron chi connectivity index (χ2n) is 4.60. The zero-order valence-electron chi connectivity index (χ0n) is 10.6. The third-order valence-electron chi connectivity index (χ3n) is 3.33.